The summed E-state index contributed by atoms with van der Waals surface area (Å²) < 4.78 is 7.47. The lowest BCUT2D eigenvalue weighted by molar-refractivity contribution is 0.0927. The van der Waals surface area contributed by atoms with Crippen LogP contribution in [0.1, 0.15) is 76.3 Å². The van der Waals surface area contributed by atoms with Crippen molar-refractivity contribution in [2.45, 2.75) is 57.9 Å². The van der Waals surface area contributed by atoms with Crippen LogP contribution in [0, 0.1) is 13.8 Å². The van der Waals surface area contributed by atoms with Crippen LogP contribution in [0.15, 0.2) is 15.3 Å². The monoisotopic (exact) mass is 456 g/mol. The average Bonchev–Trinajstić information content (AvgIpc) is 2.97. The first-order chi connectivity index (χ1) is 13.5. The Hall–Kier alpha value is -1.83. The number of piperidine rings is 1. The number of fused-ring (bicyclic) bond motifs is 1. The average molecular weight is 457 g/mol. The summed E-state index contributed by atoms with van der Waals surface area (Å²) in [4.78, 5) is 25.6. The van der Waals surface area contributed by atoms with Gasteiger partial charge >= 0.3 is 5.63 Å². The maximum Gasteiger partial charge on any atom is 0.349 e. The molecular formula is C21H30Cl2N4O3. The molecule has 1 saturated heterocycles. The zero-order valence-corrected chi connectivity index (χ0v) is 19.3. The number of aryl methyl sites for hydroxylation is 3. The molecule has 0 aromatic carbocycles. The second-order valence-corrected chi connectivity index (χ2v) is 8.01. The molecule has 1 aliphatic heterocycles. The largest absolute Gasteiger partial charge is 0.427 e. The third-order valence-electron chi connectivity index (χ3n) is 6.09. The fourth-order valence-electron chi connectivity index (χ4n) is 4.68. The number of carbonyl (C=O) groups excluding carboxylic acids is 1. The molecule has 1 atom stereocenters. The molecule has 9 heteroatoms. The minimum atomic E-state index is -0.537. The van der Waals surface area contributed by atoms with E-state index in [9.17, 15) is 9.59 Å². The fraction of sp³-hybridized carbons (Fsp3) is 0.571. The SMILES string of the molecule is Cc1cc(C2CCNCC2)oc(=O)c1C(=O)NC1CCCc2c1c(C)nn2C.Cl.Cl. The van der Waals surface area contributed by atoms with Crippen LogP contribution in [0.3, 0.4) is 0 Å². The minimum absolute atomic E-state index is 0. The van der Waals surface area contributed by atoms with Crippen molar-refractivity contribution in [3.05, 3.63) is 50.3 Å². The Morgan fingerprint density at radius 2 is 1.93 bits per heavy atom. The summed E-state index contributed by atoms with van der Waals surface area (Å²) in [5.74, 6) is 0.580. The molecule has 1 unspecified atom stereocenters. The summed E-state index contributed by atoms with van der Waals surface area (Å²) in [5, 5.41) is 10.9. The zero-order valence-electron chi connectivity index (χ0n) is 17.6. The number of amides is 1. The first-order valence-corrected chi connectivity index (χ1v) is 10.1. The molecule has 0 bridgehead atoms. The standard InChI is InChI=1S/C21H28N4O3.2ClH/c1-12-11-17(14-7-9-22-10-8-14)28-21(27)18(12)20(26)23-15-5-4-6-16-19(15)13(2)24-25(16)3;;/h11,14-15,22H,4-10H2,1-3H3,(H,23,26);2*1H. The fourth-order valence-corrected chi connectivity index (χ4v) is 4.68. The first kappa shape index (κ1) is 24.4. The van der Waals surface area contributed by atoms with E-state index in [4.69, 9.17) is 4.42 Å². The molecule has 4 rings (SSSR count). The zero-order chi connectivity index (χ0) is 19.8. The van der Waals surface area contributed by atoms with Crippen LogP contribution in [0.25, 0.3) is 0 Å². The highest BCUT2D eigenvalue weighted by molar-refractivity contribution is 5.95. The van der Waals surface area contributed by atoms with Gasteiger partial charge in [-0.15, -0.1) is 24.8 Å². The van der Waals surface area contributed by atoms with Gasteiger partial charge in [0, 0.05) is 24.2 Å². The molecule has 2 aromatic rings. The van der Waals surface area contributed by atoms with Gasteiger partial charge in [-0.1, -0.05) is 0 Å². The van der Waals surface area contributed by atoms with Crippen molar-refractivity contribution in [1.29, 1.82) is 0 Å². The molecule has 2 aromatic heterocycles. The van der Waals surface area contributed by atoms with E-state index in [2.05, 4.69) is 15.7 Å². The number of hydrogen-bond acceptors (Lipinski definition) is 5. The van der Waals surface area contributed by atoms with Gasteiger partial charge in [0.1, 0.15) is 11.3 Å². The van der Waals surface area contributed by atoms with Gasteiger partial charge in [0.2, 0.25) is 0 Å². The predicted octanol–water partition coefficient (Wildman–Crippen LogP) is 3.11. The third kappa shape index (κ3) is 4.58. The lowest BCUT2D eigenvalue weighted by atomic mass is 9.90. The van der Waals surface area contributed by atoms with Gasteiger partial charge in [0.25, 0.3) is 5.91 Å². The number of aromatic nitrogens is 2. The maximum absolute atomic E-state index is 13.0. The van der Waals surface area contributed by atoms with Gasteiger partial charge < -0.3 is 15.1 Å². The molecule has 3 heterocycles. The Kier molecular flexibility index (Phi) is 8.13. The van der Waals surface area contributed by atoms with Crippen LogP contribution in [0.4, 0.5) is 0 Å². The van der Waals surface area contributed by atoms with E-state index in [1.165, 1.54) is 5.69 Å². The van der Waals surface area contributed by atoms with Crippen molar-refractivity contribution in [2.24, 2.45) is 7.05 Å². The van der Waals surface area contributed by atoms with Crippen LogP contribution in [-0.2, 0) is 13.5 Å². The predicted molar refractivity (Wildman–Crippen MR) is 120 cm³/mol. The Morgan fingerprint density at radius 1 is 1.23 bits per heavy atom. The van der Waals surface area contributed by atoms with Crippen molar-refractivity contribution in [1.82, 2.24) is 20.4 Å². The second-order valence-electron chi connectivity index (χ2n) is 8.01. The molecule has 7 nitrogen and oxygen atoms in total. The molecule has 2 aliphatic rings. The van der Waals surface area contributed by atoms with E-state index < -0.39 is 5.63 Å². The molecular weight excluding hydrogens is 427 g/mol. The lowest BCUT2D eigenvalue weighted by Gasteiger charge is -2.25. The highest BCUT2D eigenvalue weighted by atomic mass is 35.5. The lowest BCUT2D eigenvalue weighted by Crippen LogP contribution is -2.35. The second kappa shape index (κ2) is 9.98. The van der Waals surface area contributed by atoms with Crippen LogP contribution in [0.5, 0.6) is 0 Å². The van der Waals surface area contributed by atoms with Crippen molar-refractivity contribution in [2.75, 3.05) is 13.1 Å². The van der Waals surface area contributed by atoms with Crippen molar-refractivity contribution in [3.8, 4) is 0 Å². The van der Waals surface area contributed by atoms with Gasteiger partial charge in [-0.25, -0.2) is 4.79 Å². The number of hydrogen-bond donors (Lipinski definition) is 2. The Balaban J connectivity index is 0.00000160. The van der Waals surface area contributed by atoms with E-state index in [-0.39, 0.29) is 48.2 Å². The highest BCUT2D eigenvalue weighted by Crippen LogP contribution is 2.32. The summed E-state index contributed by atoms with van der Waals surface area (Å²) >= 11 is 0. The molecule has 2 N–H and O–H groups in total. The number of rotatable bonds is 3. The van der Waals surface area contributed by atoms with Gasteiger partial charge in [0.15, 0.2) is 0 Å². The normalized spacial score (nSPS) is 18.7. The molecule has 0 spiro atoms. The highest BCUT2D eigenvalue weighted by Gasteiger charge is 2.29. The minimum Gasteiger partial charge on any atom is -0.427 e. The summed E-state index contributed by atoms with van der Waals surface area (Å²) in [6.07, 6.45) is 4.69. The summed E-state index contributed by atoms with van der Waals surface area (Å²) in [6.45, 7) is 5.63. The number of halogens is 2. The van der Waals surface area contributed by atoms with E-state index in [1.807, 2.05) is 31.6 Å². The van der Waals surface area contributed by atoms with E-state index in [0.717, 1.165) is 56.5 Å². The first-order valence-electron chi connectivity index (χ1n) is 10.1. The number of nitrogens with zero attached hydrogens (tertiary/aromatic N) is 2. The van der Waals surface area contributed by atoms with E-state index in [0.29, 0.717) is 11.3 Å². The summed E-state index contributed by atoms with van der Waals surface area (Å²) in [6, 6.07) is 1.75. The molecule has 166 valence electrons. The van der Waals surface area contributed by atoms with Crippen LogP contribution >= 0.6 is 24.8 Å². The van der Waals surface area contributed by atoms with Crippen molar-refractivity contribution in [3.63, 3.8) is 0 Å². The van der Waals surface area contributed by atoms with Crippen LogP contribution in [0.2, 0.25) is 0 Å². The molecule has 1 aliphatic carbocycles. The molecule has 30 heavy (non-hydrogen) atoms. The molecule has 1 amide bonds. The molecule has 0 radical (unpaired) electrons. The Labute approximate surface area is 188 Å². The summed E-state index contributed by atoms with van der Waals surface area (Å²) in [7, 11) is 1.94. The topological polar surface area (TPSA) is 89.2 Å². The maximum atomic E-state index is 13.0. The third-order valence-corrected chi connectivity index (χ3v) is 6.09. The van der Waals surface area contributed by atoms with Gasteiger partial charge in [-0.2, -0.15) is 5.10 Å². The van der Waals surface area contributed by atoms with Gasteiger partial charge in [0.05, 0.1) is 11.7 Å². The Morgan fingerprint density at radius 3 is 2.60 bits per heavy atom. The van der Waals surface area contributed by atoms with E-state index in [1.54, 1.807) is 0 Å². The smallest absolute Gasteiger partial charge is 0.349 e. The quantitative estimate of drug-likeness (QED) is 0.740. The molecule has 0 saturated carbocycles. The van der Waals surface area contributed by atoms with Crippen LogP contribution in [-0.4, -0.2) is 28.8 Å². The van der Waals surface area contributed by atoms with E-state index >= 15 is 0 Å². The van der Waals surface area contributed by atoms with Crippen LogP contribution < -0.4 is 16.3 Å². The summed E-state index contributed by atoms with van der Waals surface area (Å²) in [5.41, 5.74) is 3.46. The van der Waals surface area contributed by atoms with Gasteiger partial charge in [-0.3, -0.25) is 9.48 Å². The van der Waals surface area contributed by atoms with Crippen molar-refractivity contribution < 1.29 is 9.21 Å². The number of nitrogens with one attached hydrogen (secondary N) is 2. The van der Waals surface area contributed by atoms with Crippen molar-refractivity contribution >= 4 is 30.7 Å². The number of carbonyl (C=O) groups is 1. The molecule has 1 fully saturated rings. The van der Waals surface area contributed by atoms with Gasteiger partial charge in [-0.05, 0) is 70.7 Å². The Bertz CT molecular complexity index is 964.